The third-order valence-electron chi connectivity index (χ3n) is 3.53. The Labute approximate surface area is 111 Å². The number of carbonyl (C=O) groups excluding carboxylic acids is 2. The highest BCUT2D eigenvalue weighted by Gasteiger charge is 2.22. The third kappa shape index (κ3) is 2.36. The summed E-state index contributed by atoms with van der Waals surface area (Å²) in [5.41, 5.74) is 0.661. The first-order chi connectivity index (χ1) is 9.24. The third-order valence-corrected chi connectivity index (χ3v) is 3.53. The molecule has 0 N–H and O–H groups in total. The molecule has 0 unspecified atom stereocenters. The molecule has 1 fully saturated rings. The fourth-order valence-corrected chi connectivity index (χ4v) is 2.52. The van der Waals surface area contributed by atoms with E-state index in [9.17, 15) is 9.59 Å². The first-order valence-corrected chi connectivity index (χ1v) is 6.54. The lowest BCUT2D eigenvalue weighted by molar-refractivity contribution is -0.121. The van der Waals surface area contributed by atoms with Crippen LogP contribution in [0, 0.1) is 0 Å². The van der Waals surface area contributed by atoms with Gasteiger partial charge in [0, 0.05) is 18.5 Å². The van der Waals surface area contributed by atoms with Gasteiger partial charge >= 0.3 is 0 Å². The molecule has 0 atom stereocenters. The molecule has 2 aromatic carbocycles. The van der Waals surface area contributed by atoms with Crippen LogP contribution in [0.2, 0.25) is 0 Å². The number of likely N-dealkylation sites (tertiary alicyclic amines) is 1. The van der Waals surface area contributed by atoms with Crippen LogP contribution in [-0.2, 0) is 4.79 Å². The summed E-state index contributed by atoms with van der Waals surface area (Å²) in [7, 11) is 0. The molecule has 19 heavy (non-hydrogen) atoms. The smallest absolute Gasteiger partial charge is 0.254 e. The van der Waals surface area contributed by atoms with Crippen LogP contribution in [0.5, 0.6) is 0 Å². The molecule has 1 aliphatic heterocycles. The number of hydrogen-bond donors (Lipinski definition) is 0. The van der Waals surface area contributed by atoms with Crippen LogP contribution >= 0.6 is 0 Å². The number of rotatable bonds is 1. The second-order valence-electron chi connectivity index (χ2n) is 4.93. The number of fused-ring (bicyclic) bond motifs is 1. The van der Waals surface area contributed by atoms with Crippen LogP contribution in [0.15, 0.2) is 42.5 Å². The van der Waals surface area contributed by atoms with Gasteiger partial charge in [0.05, 0.1) is 6.54 Å². The maximum atomic E-state index is 12.4. The molecule has 2 aromatic rings. The van der Waals surface area contributed by atoms with E-state index in [0.29, 0.717) is 18.5 Å². The van der Waals surface area contributed by atoms with Crippen molar-refractivity contribution in [2.24, 2.45) is 0 Å². The van der Waals surface area contributed by atoms with Gasteiger partial charge < -0.3 is 4.90 Å². The van der Waals surface area contributed by atoms with Crippen molar-refractivity contribution in [1.82, 2.24) is 4.90 Å². The first kappa shape index (κ1) is 11.9. The van der Waals surface area contributed by atoms with Crippen molar-refractivity contribution in [3.63, 3.8) is 0 Å². The minimum Gasteiger partial charge on any atom is -0.331 e. The second-order valence-corrected chi connectivity index (χ2v) is 4.93. The van der Waals surface area contributed by atoms with Gasteiger partial charge in [0.15, 0.2) is 5.78 Å². The quantitative estimate of drug-likeness (QED) is 0.783. The molecular weight excluding hydrogens is 238 g/mol. The van der Waals surface area contributed by atoms with E-state index < -0.39 is 0 Å². The molecular formula is C16H15NO2. The zero-order valence-corrected chi connectivity index (χ0v) is 10.6. The Morgan fingerprint density at radius 2 is 1.84 bits per heavy atom. The summed E-state index contributed by atoms with van der Waals surface area (Å²) in [4.78, 5) is 25.4. The summed E-state index contributed by atoms with van der Waals surface area (Å²) in [6.45, 7) is 0.934. The fourth-order valence-electron chi connectivity index (χ4n) is 2.52. The van der Waals surface area contributed by atoms with Crippen molar-refractivity contribution >= 4 is 22.5 Å². The van der Waals surface area contributed by atoms with Crippen molar-refractivity contribution in [2.45, 2.75) is 12.8 Å². The van der Waals surface area contributed by atoms with E-state index in [4.69, 9.17) is 0 Å². The molecule has 0 saturated carbocycles. The Balaban J connectivity index is 1.90. The lowest BCUT2D eigenvalue weighted by atomic mass is 10.0. The molecule has 3 heteroatoms. The zero-order chi connectivity index (χ0) is 13.2. The molecule has 1 heterocycles. The Morgan fingerprint density at radius 3 is 2.63 bits per heavy atom. The average Bonchev–Trinajstić information content (AvgIpc) is 2.46. The van der Waals surface area contributed by atoms with Gasteiger partial charge in [-0.05, 0) is 29.3 Å². The van der Waals surface area contributed by atoms with E-state index in [2.05, 4.69) is 0 Å². The molecule has 3 rings (SSSR count). The van der Waals surface area contributed by atoms with Crippen LogP contribution in [0.4, 0.5) is 0 Å². The molecule has 0 radical (unpaired) electrons. The van der Waals surface area contributed by atoms with E-state index in [1.165, 1.54) is 0 Å². The summed E-state index contributed by atoms with van der Waals surface area (Å²) in [5.74, 6) is 0.110. The van der Waals surface area contributed by atoms with E-state index in [-0.39, 0.29) is 18.2 Å². The van der Waals surface area contributed by atoms with Gasteiger partial charge in [-0.1, -0.05) is 30.3 Å². The summed E-state index contributed by atoms with van der Waals surface area (Å²) in [6.07, 6.45) is 1.37. The molecule has 0 bridgehead atoms. The van der Waals surface area contributed by atoms with E-state index in [1.54, 1.807) is 4.90 Å². The van der Waals surface area contributed by atoms with Crippen LogP contribution in [0.3, 0.4) is 0 Å². The Bertz CT molecular complexity index is 648. The number of nitrogens with zero attached hydrogens (tertiary/aromatic N) is 1. The van der Waals surface area contributed by atoms with Gasteiger partial charge in [-0.25, -0.2) is 0 Å². The Morgan fingerprint density at radius 1 is 1.05 bits per heavy atom. The highest BCUT2D eigenvalue weighted by Crippen LogP contribution is 2.18. The number of Topliss-reactive ketones (excluding diaryl/α,β-unsaturated/α-hetero) is 1. The average molecular weight is 253 g/mol. The largest absolute Gasteiger partial charge is 0.331 e. The summed E-state index contributed by atoms with van der Waals surface area (Å²) < 4.78 is 0. The SMILES string of the molecule is O=C1CCCN(C(=O)c2ccc3ccccc3c2)C1. The fraction of sp³-hybridized carbons (Fsp3) is 0.250. The molecule has 3 nitrogen and oxygen atoms in total. The van der Waals surface area contributed by atoms with E-state index >= 15 is 0 Å². The molecule has 0 aromatic heterocycles. The van der Waals surface area contributed by atoms with E-state index in [1.807, 2.05) is 42.5 Å². The molecule has 0 spiro atoms. The van der Waals surface area contributed by atoms with Crippen molar-refractivity contribution in [3.8, 4) is 0 Å². The molecule has 1 amide bonds. The molecule has 1 saturated heterocycles. The van der Waals surface area contributed by atoms with Gasteiger partial charge in [0.25, 0.3) is 5.91 Å². The predicted octanol–water partition coefficient (Wildman–Crippen LogP) is 2.64. The number of carbonyl (C=O) groups is 2. The van der Waals surface area contributed by atoms with Gasteiger partial charge in [-0.3, -0.25) is 9.59 Å². The lowest BCUT2D eigenvalue weighted by Gasteiger charge is -2.25. The molecule has 96 valence electrons. The topological polar surface area (TPSA) is 37.4 Å². The summed E-state index contributed by atoms with van der Waals surface area (Å²) in [5, 5.41) is 2.17. The van der Waals surface area contributed by atoms with Gasteiger partial charge in [0.2, 0.25) is 0 Å². The highest BCUT2D eigenvalue weighted by molar-refractivity contribution is 6.00. The number of benzene rings is 2. The predicted molar refractivity (Wildman–Crippen MR) is 74.1 cm³/mol. The van der Waals surface area contributed by atoms with Crippen molar-refractivity contribution in [1.29, 1.82) is 0 Å². The van der Waals surface area contributed by atoms with Crippen molar-refractivity contribution in [3.05, 3.63) is 48.0 Å². The van der Waals surface area contributed by atoms with Crippen LogP contribution < -0.4 is 0 Å². The van der Waals surface area contributed by atoms with Gasteiger partial charge in [0.1, 0.15) is 0 Å². The van der Waals surface area contributed by atoms with E-state index in [0.717, 1.165) is 17.2 Å². The maximum absolute atomic E-state index is 12.4. The molecule has 0 aliphatic carbocycles. The maximum Gasteiger partial charge on any atom is 0.254 e. The van der Waals surface area contributed by atoms with Crippen LogP contribution in [0.1, 0.15) is 23.2 Å². The molecule has 1 aliphatic rings. The van der Waals surface area contributed by atoms with Crippen molar-refractivity contribution < 1.29 is 9.59 Å². The Kier molecular flexibility index (Phi) is 3.03. The number of ketones is 1. The van der Waals surface area contributed by atoms with Crippen molar-refractivity contribution in [2.75, 3.05) is 13.1 Å². The highest BCUT2D eigenvalue weighted by atomic mass is 16.2. The zero-order valence-electron chi connectivity index (χ0n) is 10.6. The first-order valence-electron chi connectivity index (χ1n) is 6.54. The number of hydrogen-bond acceptors (Lipinski definition) is 2. The Hall–Kier alpha value is -2.16. The standard InChI is InChI=1S/C16H15NO2/c18-15-6-3-9-17(11-15)16(19)14-8-7-12-4-1-2-5-13(12)10-14/h1-2,4-5,7-8,10H,3,6,9,11H2. The monoisotopic (exact) mass is 253 g/mol. The van der Waals surface area contributed by atoms with Gasteiger partial charge in [-0.2, -0.15) is 0 Å². The van der Waals surface area contributed by atoms with Crippen LogP contribution in [-0.4, -0.2) is 29.7 Å². The summed E-state index contributed by atoms with van der Waals surface area (Å²) >= 11 is 0. The van der Waals surface area contributed by atoms with Gasteiger partial charge in [-0.15, -0.1) is 0 Å². The minimum absolute atomic E-state index is 0.0428. The summed E-state index contributed by atoms with van der Waals surface area (Å²) in [6, 6.07) is 13.6. The lowest BCUT2D eigenvalue weighted by Crippen LogP contribution is -2.40. The van der Waals surface area contributed by atoms with Crippen LogP contribution in [0.25, 0.3) is 10.8 Å². The second kappa shape index (κ2) is 4.84. The number of piperidine rings is 1. The normalized spacial score (nSPS) is 15.8. The number of amides is 1. The minimum atomic E-state index is -0.0428.